The lowest BCUT2D eigenvalue weighted by Crippen LogP contribution is -2.59. The Labute approximate surface area is 179 Å². The number of aliphatic hydroxyl groups excluding tert-OH is 1. The van der Waals surface area contributed by atoms with Crippen molar-refractivity contribution in [3.63, 3.8) is 0 Å². The number of aliphatic carboxylic acids is 2. The Morgan fingerprint density at radius 2 is 1.77 bits per heavy atom. The summed E-state index contributed by atoms with van der Waals surface area (Å²) in [5.41, 5.74) is 0. The molecule has 2 heterocycles. The number of amides is 3. The van der Waals surface area contributed by atoms with Crippen LogP contribution in [0.4, 0.5) is 0 Å². The largest absolute Gasteiger partial charge is 0.481 e. The smallest absolute Gasteiger partial charge is 0.326 e. The SMILES string of the molecule is CC(O)C(NC(=O)C1CCCN1)C(=O)N1CCCC1C(=O)NC(CCC(=O)O)C(=O)O. The average Bonchev–Trinajstić information content (AvgIpc) is 3.39. The van der Waals surface area contributed by atoms with Gasteiger partial charge in [-0.2, -0.15) is 0 Å². The van der Waals surface area contributed by atoms with Crippen LogP contribution in [0.2, 0.25) is 0 Å². The fourth-order valence-electron chi connectivity index (χ4n) is 3.83. The van der Waals surface area contributed by atoms with E-state index in [0.717, 1.165) is 6.42 Å². The molecule has 0 aromatic carbocycles. The van der Waals surface area contributed by atoms with Gasteiger partial charge in [0, 0.05) is 13.0 Å². The third kappa shape index (κ3) is 6.62. The number of nitrogens with zero attached hydrogens (tertiary/aromatic N) is 1. The molecule has 0 spiro atoms. The predicted molar refractivity (Wildman–Crippen MR) is 106 cm³/mol. The molecule has 0 radical (unpaired) electrons. The van der Waals surface area contributed by atoms with E-state index in [4.69, 9.17) is 5.11 Å². The second kappa shape index (κ2) is 11.0. The van der Waals surface area contributed by atoms with E-state index >= 15 is 0 Å². The van der Waals surface area contributed by atoms with Crippen LogP contribution in [0.25, 0.3) is 0 Å². The number of carbonyl (C=O) groups excluding carboxylic acids is 3. The molecule has 12 nitrogen and oxygen atoms in total. The minimum atomic E-state index is -1.40. The summed E-state index contributed by atoms with van der Waals surface area (Å²) in [5.74, 6) is -4.31. The van der Waals surface area contributed by atoms with E-state index in [2.05, 4.69) is 16.0 Å². The molecule has 5 unspecified atom stereocenters. The third-order valence-corrected chi connectivity index (χ3v) is 5.52. The average molecular weight is 442 g/mol. The van der Waals surface area contributed by atoms with Crippen molar-refractivity contribution < 1.29 is 39.3 Å². The van der Waals surface area contributed by atoms with Gasteiger partial charge in [0.05, 0.1) is 12.1 Å². The zero-order valence-electron chi connectivity index (χ0n) is 17.4. The van der Waals surface area contributed by atoms with E-state index in [1.54, 1.807) is 0 Å². The maximum absolute atomic E-state index is 13.0. The molecule has 0 aliphatic carbocycles. The number of nitrogens with one attached hydrogen (secondary N) is 3. The molecule has 0 bridgehead atoms. The second-order valence-corrected chi connectivity index (χ2v) is 7.90. The summed E-state index contributed by atoms with van der Waals surface area (Å²) in [6.45, 7) is 2.26. The van der Waals surface area contributed by atoms with Gasteiger partial charge in [-0.3, -0.25) is 19.2 Å². The first kappa shape index (κ1) is 24.5. The lowest BCUT2D eigenvalue weighted by Gasteiger charge is -2.31. The molecular weight excluding hydrogens is 412 g/mol. The van der Waals surface area contributed by atoms with Crippen molar-refractivity contribution in [1.82, 2.24) is 20.9 Å². The Hall–Kier alpha value is -2.73. The maximum atomic E-state index is 13.0. The number of hydrogen-bond donors (Lipinski definition) is 6. The molecule has 3 amide bonds. The molecule has 2 aliphatic rings. The minimum Gasteiger partial charge on any atom is -0.481 e. The fourth-order valence-corrected chi connectivity index (χ4v) is 3.83. The number of rotatable bonds is 10. The highest BCUT2D eigenvalue weighted by atomic mass is 16.4. The van der Waals surface area contributed by atoms with Crippen molar-refractivity contribution in [1.29, 1.82) is 0 Å². The third-order valence-electron chi connectivity index (χ3n) is 5.52. The van der Waals surface area contributed by atoms with E-state index in [1.165, 1.54) is 11.8 Å². The van der Waals surface area contributed by atoms with Crippen LogP contribution in [0.15, 0.2) is 0 Å². The zero-order valence-corrected chi connectivity index (χ0v) is 17.4. The van der Waals surface area contributed by atoms with E-state index in [0.29, 0.717) is 19.4 Å². The number of carboxylic acid groups (broad SMARTS) is 2. The number of hydrogen-bond acceptors (Lipinski definition) is 7. The zero-order chi connectivity index (χ0) is 23.1. The van der Waals surface area contributed by atoms with E-state index < -0.39 is 66.4 Å². The fraction of sp³-hybridized carbons (Fsp3) is 0.737. The van der Waals surface area contributed by atoms with Crippen LogP contribution in [-0.2, 0) is 24.0 Å². The van der Waals surface area contributed by atoms with E-state index in [-0.39, 0.29) is 19.4 Å². The highest BCUT2D eigenvalue weighted by Gasteiger charge is 2.40. The molecule has 0 saturated carbocycles. The molecular formula is C19H30N4O8. The monoisotopic (exact) mass is 442 g/mol. The van der Waals surface area contributed by atoms with Gasteiger partial charge in [0.15, 0.2) is 0 Å². The Bertz CT molecular complexity index is 707. The van der Waals surface area contributed by atoms with Gasteiger partial charge in [0.2, 0.25) is 17.7 Å². The van der Waals surface area contributed by atoms with E-state index in [9.17, 15) is 34.2 Å². The van der Waals surface area contributed by atoms with Gasteiger partial charge in [-0.15, -0.1) is 0 Å². The quantitative estimate of drug-likeness (QED) is 0.223. The molecule has 5 atom stereocenters. The topological polar surface area (TPSA) is 185 Å². The molecule has 2 fully saturated rings. The van der Waals surface area contributed by atoms with Crippen LogP contribution < -0.4 is 16.0 Å². The molecule has 2 saturated heterocycles. The molecule has 31 heavy (non-hydrogen) atoms. The molecule has 0 aromatic rings. The van der Waals surface area contributed by atoms with Crippen molar-refractivity contribution >= 4 is 29.7 Å². The molecule has 6 N–H and O–H groups in total. The van der Waals surface area contributed by atoms with Crippen LogP contribution in [0.3, 0.4) is 0 Å². The van der Waals surface area contributed by atoms with Crippen LogP contribution in [0.5, 0.6) is 0 Å². The van der Waals surface area contributed by atoms with Gasteiger partial charge in [0.25, 0.3) is 0 Å². The van der Waals surface area contributed by atoms with Gasteiger partial charge in [-0.25, -0.2) is 4.79 Å². The van der Waals surface area contributed by atoms with Gasteiger partial charge < -0.3 is 36.2 Å². The van der Waals surface area contributed by atoms with Gasteiger partial charge >= 0.3 is 11.9 Å². The van der Waals surface area contributed by atoms with Crippen molar-refractivity contribution in [3.05, 3.63) is 0 Å². The molecule has 2 rings (SSSR count). The summed E-state index contributed by atoms with van der Waals surface area (Å²) in [7, 11) is 0. The number of aliphatic hydroxyl groups is 1. The minimum absolute atomic E-state index is 0.213. The van der Waals surface area contributed by atoms with Crippen LogP contribution in [0, 0.1) is 0 Å². The summed E-state index contributed by atoms with van der Waals surface area (Å²) in [6, 6.07) is -4.06. The van der Waals surface area contributed by atoms with Crippen molar-refractivity contribution in [2.24, 2.45) is 0 Å². The summed E-state index contributed by atoms with van der Waals surface area (Å²) in [6.07, 6.45) is 0.285. The number of likely N-dealkylation sites (tertiary alicyclic amines) is 1. The summed E-state index contributed by atoms with van der Waals surface area (Å²) >= 11 is 0. The highest BCUT2D eigenvalue weighted by molar-refractivity contribution is 5.95. The summed E-state index contributed by atoms with van der Waals surface area (Å²) < 4.78 is 0. The van der Waals surface area contributed by atoms with Gasteiger partial charge in [0.1, 0.15) is 18.1 Å². The molecule has 12 heteroatoms. The van der Waals surface area contributed by atoms with Crippen molar-refractivity contribution in [2.45, 2.75) is 75.7 Å². The molecule has 0 aromatic heterocycles. The summed E-state index contributed by atoms with van der Waals surface area (Å²) in [4.78, 5) is 61.4. The number of carboxylic acids is 2. The Kier molecular flexibility index (Phi) is 8.75. The van der Waals surface area contributed by atoms with E-state index in [1.807, 2.05) is 0 Å². The Morgan fingerprint density at radius 1 is 1.06 bits per heavy atom. The van der Waals surface area contributed by atoms with Crippen molar-refractivity contribution in [2.75, 3.05) is 13.1 Å². The normalized spacial score (nSPS) is 23.6. The summed E-state index contributed by atoms with van der Waals surface area (Å²) in [5, 5.41) is 35.9. The second-order valence-electron chi connectivity index (χ2n) is 7.90. The molecule has 2 aliphatic heterocycles. The predicted octanol–water partition coefficient (Wildman–Crippen LogP) is -1.97. The van der Waals surface area contributed by atoms with Crippen LogP contribution in [0.1, 0.15) is 45.4 Å². The Morgan fingerprint density at radius 3 is 2.32 bits per heavy atom. The number of carbonyl (C=O) groups is 5. The highest BCUT2D eigenvalue weighted by Crippen LogP contribution is 2.20. The first-order valence-electron chi connectivity index (χ1n) is 10.4. The van der Waals surface area contributed by atoms with Crippen LogP contribution in [-0.4, -0.2) is 93.2 Å². The first-order chi connectivity index (χ1) is 14.6. The Balaban J connectivity index is 2.05. The van der Waals surface area contributed by atoms with Crippen LogP contribution >= 0.6 is 0 Å². The van der Waals surface area contributed by atoms with Gasteiger partial charge in [-0.1, -0.05) is 0 Å². The first-order valence-corrected chi connectivity index (χ1v) is 10.4. The molecule has 174 valence electrons. The maximum Gasteiger partial charge on any atom is 0.326 e. The van der Waals surface area contributed by atoms with Crippen molar-refractivity contribution in [3.8, 4) is 0 Å². The lowest BCUT2D eigenvalue weighted by atomic mass is 10.1. The lowest BCUT2D eigenvalue weighted by molar-refractivity contribution is -0.146. The standard InChI is InChI=1S/C19H30N4O8/c1-10(24)15(22-16(27)11-4-2-8-20-11)18(29)23-9-3-5-13(23)17(28)21-12(19(30)31)6-7-14(25)26/h10-13,15,20,24H,2-9H2,1H3,(H,21,28)(H,22,27)(H,25,26)(H,30,31). The van der Waals surface area contributed by atoms with Gasteiger partial charge in [-0.05, 0) is 45.6 Å².